The first-order valence-corrected chi connectivity index (χ1v) is 6.41. The van der Waals surface area contributed by atoms with Gasteiger partial charge in [-0.15, -0.1) is 0 Å². The minimum atomic E-state index is -0.657. The summed E-state index contributed by atoms with van der Waals surface area (Å²) in [7, 11) is 2.02. The third-order valence-corrected chi connectivity index (χ3v) is 3.71. The number of halogens is 2. The van der Waals surface area contributed by atoms with E-state index in [9.17, 15) is 8.78 Å². The van der Waals surface area contributed by atoms with Crippen molar-refractivity contribution in [2.45, 2.75) is 19.4 Å². The van der Waals surface area contributed by atoms with Crippen LogP contribution in [0.5, 0.6) is 0 Å². The average Bonchev–Trinajstić information content (AvgIpc) is 2.39. The Kier molecular flexibility index (Phi) is 4.01. The minimum absolute atomic E-state index is 0.00875. The zero-order valence-electron chi connectivity index (χ0n) is 11.2. The highest BCUT2D eigenvalue weighted by Crippen LogP contribution is 2.27. The zero-order chi connectivity index (χ0) is 14.0. The SMILES string of the molecule is CCC1CN(c2c(F)cc(C#N)cc2F)CCN1C. The van der Waals surface area contributed by atoms with Gasteiger partial charge in [0, 0.05) is 25.7 Å². The molecule has 3 nitrogen and oxygen atoms in total. The van der Waals surface area contributed by atoms with E-state index in [1.165, 1.54) is 0 Å². The lowest BCUT2D eigenvalue weighted by molar-refractivity contribution is 0.212. The van der Waals surface area contributed by atoms with Gasteiger partial charge in [0.1, 0.15) is 5.69 Å². The van der Waals surface area contributed by atoms with E-state index >= 15 is 0 Å². The lowest BCUT2D eigenvalue weighted by Gasteiger charge is -2.40. The van der Waals surface area contributed by atoms with Gasteiger partial charge in [0.2, 0.25) is 0 Å². The third kappa shape index (κ3) is 2.69. The van der Waals surface area contributed by atoms with Crippen LogP contribution >= 0.6 is 0 Å². The fourth-order valence-corrected chi connectivity index (χ4v) is 2.52. The molecule has 0 N–H and O–H groups in total. The van der Waals surface area contributed by atoms with Gasteiger partial charge >= 0.3 is 0 Å². The standard InChI is InChI=1S/C14H17F2N3/c1-3-11-9-19(5-4-18(11)2)14-12(15)6-10(8-17)7-13(14)16/h6-7,11H,3-5,9H2,1-2H3. The van der Waals surface area contributed by atoms with Crippen LogP contribution in [0.4, 0.5) is 14.5 Å². The summed E-state index contributed by atoms with van der Waals surface area (Å²) in [5.41, 5.74) is 0.00506. The summed E-state index contributed by atoms with van der Waals surface area (Å²) in [5, 5.41) is 8.70. The molecule has 19 heavy (non-hydrogen) atoms. The summed E-state index contributed by atoms with van der Waals surface area (Å²) in [6, 6.07) is 4.24. The van der Waals surface area contributed by atoms with E-state index in [0.29, 0.717) is 19.1 Å². The molecule has 1 fully saturated rings. The number of nitrogens with zero attached hydrogens (tertiary/aromatic N) is 3. The highest BCUT2D eigenvalue weighted by Gasteiger charge is 2.26. The summed E-state index contributed by atoms with van der Waals surface area (Å²) in [4.78, 5) is 3.94. The number of likely N-dealkylation sites (N-methyl/N-ethyl adjacent to an activating group) is 1. The van der Waals surface area contributed by atoms with Crippen molar-refractivity contribution in [1.29, 1.82) is 5.26 Å². The first-order valence-electron chi connectivity index (χ1n) is 6.41. The maximum absolute atomic E-state index is 14.0. The average molecular weight is 265 g/mol. The molecule has 2 rings (SSSR count). The molecular weight excluding hydrogens is 248 g/mol. The van der Waals surface area contributed by atoms with Gasteiger partial charge in [-0.2, -0.15) is 5.26 Å². The molecule has 0 aromatic heterocycles. The molecule has 0 amide bonds. The molecule has 1 aromatic carbocycles. The lowest BCUT2D eigenvalue weighted by atomic mass is 10.1. The van der Waals surface area contributed by atoms with Gasteiger partial charge in [0.25, 0.3) is 0 Å². The predicted octanol–water partition coefficient (Wildman–Crippen LogP) is 2.37. The maximum Gasteiger partial charge on any atom is 0.150 e. The summed E-state index contributed by atoms with van der Waals surface area (Å²) in [6.45, 7) is 4.03. The summed E-state index contributed by atoms with van der Waals surface area (Å²) < 4.78 is 27.9. The number of hydrogen-bond acceptors (Lipinski definition) is 3. The van der Waals surface area contributed by atoms with Crippen molar-refractivity contribution in [3.8, 4) is 6.07 Å². The Hall–Kier alpha value is -1.67. The van der Waals surface area contributed by atoms with E-state index in [2.05, 4.69) is 11.8 Å². The van der Waals surface area contributed by atoms with Gasteiger partial charge in [-0.3, -0.25) is 4.90 Å². The molecule has 5 heteroatoms. The van der Waals surface area contributed by atoms with Crippen LogP contribution in [0.25, 0.3) is 0 Å². The largest absolute Gasteiger partial charge is 0.364 e. The lowest BCUT2D eigenvalue weighted by Crippen LogP contribution is -2.51. The molecular formula is C14H17F2N3. The Morgan fingerprint density at radius 2 is 1.95 bits per heavy atom. The van der Waals surface area contributed by atoms with Crippen LogP contribution in [0.3, 0.4) is 0 Å². The first-order chi connectivity index (χ1) is 9.06. The van der Waals surface area contributed by atoms with Crippen molar-refractivity contribution in [3.63, 3.8) is 0 Å². The summed E-state index contributed by atoms with van der Waals surface area (Å²) >= 11 is 0. The van der Waals surface area contributed by atoms with Gasteiger partial charge in [-0.25, -0.2) is 8.78 Å². The van der Waals surface area contributed by atoms with Gasteiger partial charge in [-0.1, -0.05) is 6.92 Å². The topological polar surface area (TPSA) is 30.3 Å². The Bertz CT molecular complexity index is 487. The smallest absolute Gasteiger partial charge is 0.150 e. The number of anilines is 1. The molecule has 1 heterocycles. The molecule has 102 valence electrons. The molecule has 0 bridgehead atoms. The van der Waals surface area contributed by atoms with Crippen LogP contribution in [0.2, 0.25) is 0 Å². The molecule has 0 aliphatic carbocycles. The van der Waals surface area contributed by atoms with Gasteiger partial charge in [-0.05, 0) is 25.6 Å². The van der Waals surface area contributed by atoms with E-state index in [4.69, 9.17) is 5.26 Å². The quantitative estimate of drug-likeness (QED) is 0.822. The number of nitriles is 1. The second-order valence-corrected chi connectivity index (χ2v) is 4.89. The predicted molar refractivity (Wildman–Crippen MR) is 70.0 cm³/mol. The molecule has 0 spiro atoms. The molecule has 1 saturated heterocycles. The molecule has 1 aromatic rings. The molecule has 1 unspecified atom stereocenters. The van der Waals surface area contributed by atoms with Gasteiger partial charge in [0.05, 0.1) is 11.6 Å². The van der Waals surface area contributed by atoms with Crippen molar-refractivity contribution < 1.29 is 8.78 Å². The molecule has 1 atom stereocenters. The summed E-state index contributed by atoms with van der Waals surface area (Å²) in [5.74, 6) is -1.31. The van der Waals surface area contributed by atoms with Crippen molar-refractivity contribution in [2.24, 2.45) is 0 Å². The Morgan fingerprint density at radius 3 is 2.47 bits per heavy atom. The highest BCUT2D eigenvalue weighted by molar-refractivity contribution is 5.53. The zero-order valence-corrected chi connectivity index (χ0v) is 11.2. The maximum atomic E-state index is 14.0. The van der Waals surface area contributed by atoms with Crippen LogP contribution < -0.4 is 4.90 Å². The van der Waals surface area contributed by atoms with Gasteiger partial charge in [0.15, 0.2) is 11.6 Å². The second-order valence-electron chi connectivity index (χ2n) is 4.89. The number of rotatable bonds is 2. The van der Waals surface area contributed by atoms with Crippen LogP contribution in [0.1, 0.15) is 18.9 Å². The number of benzene rings is 1. The minimum Gasteiger partial charge on any atom is -0.364 e. The van der Waals surface area contributed by atoms with E-state index in [0.717, 1.165) is 25.1 Å². The second kappa shape index (κ2) is 5.54. The number of piperazine rings is 1. The Labute approximate surface area is 112 Å². The van der Waals surface area contributed by atoms with Crippen molar-refractivity contribution in [3.05, 3.63) is 29.3 Å². The molecule has 1 aliphatic rings. The highest BCUT2D eigenvalue weighted by atomic mass is 19.1. The van der Waals surface area contributed by atoms with Crippen molar-refractivity contribution >= 4 is 5.69 Å². The van der Waals surface area contributed by atoms with E-state index in [-0.39, 0.29) is 11.3 Å². The van der Waals surface area contributed by atoms with Crippen molar-refractivity contribution in [1.82, 2.24) is 4.90 Å². The van der Waals surface area contributed by atoms with Crippen LogP contribution in [-0.4, -0.2) is 37.6 Å². The summed E-state index contributed by atoms with van der Waals surface area (Å²) in [6.07, 6.45) is 0.937. The molecule has 1 aliphatic heterocycles. The molecule has 0 radical (unpaired) electrons. The molecule has 0 saturated carbocycles. The van der Waals surface area contributed by atoms with E-state index in [1.807, 2.05) is 7.05 Å². The monoisotopic (exact) mass is 265 g/mol. The first kappa shape index (κ1) is 13.8. The fraction of sp³-hybridized carbons (Fsp3) is 0.500. The van der Waals surface area contributed by atoms with Crippen LogP contribution in [0.15, 0.2) is 12.1 Å². The Balaban J connectivity index is 2.30. The van der Waals surface area contributed by atoms with E-state index in [1.54, 1.807) is 11.0 Å². The fourth-order valence-electron chi connectivity index (χ4n) is 2.52. The number of hydrogen-bond donors (Lipinski definition) is 0. The van der Waals surface area contributed by atoms with E-state index < -0.39 is 11.6 Å². The van der Waals surface area contributed by atoms with Crippen molar-refractivity contribution in [2.75, 3.05) is 31.6 Å². The van der Waals surface area contributed by atoms with Crippen LogP contribution in [-0.2, 0) is 0 Å². The normalized spacial score (nSPS) is 20.4. The Morgan fingerprint density at radius 1 is 1.32 bits per heavy atom. The van der Waals surface area contributed by atoms with Gasteiger partial charge < -0.3 is 4.90 Å². The third-order valence-electron chi connectivity index (χ3n) is 3.71. The van der Waals surface area contributed by atoms with Crippen LogP contribution in [0, 0.1) is 23.0 Å².